The van der Waals surface area contributed by atoms with E-state index in [0.717, 1.165) is 12.1 Å². The van der Waals surface area contributed by atoms with Crippen LogP contribution in [0.15, 0.2) is 24.3 Å². The van der Waals surface area contributed by atoms with Gasteiger partial charge in [0.25, 0.3) is 0 Å². The first-order valence-corrected chi connectivity index (χ1v) is 6.00. The van der Waals surface area contributed by atoms with Gasteiger partial charge in [0.05, 0.1) is 6.54 Å². The highest BCUT2D eigenvalue weighted by atomic mass is 19.4. The van der Waals surface area contributed by atoms with Crippen molar-refractivity contribution < 1.29 is 13.2 Å². The largest absolute Gasteiger partial charge is 0.401 e. The lowest BCUT2D eigenvalue weighted by Gasteiger charge is -2.20. The molecule has 102 valence electrons. The molecule has 0 heterocycles. The molecule has 1 rings (SSSR count). The number of halogens is 3. The highest BCUT2D eigenvalue weighted by Crippen LogP contribution is 2.14. The molecule has 0 aliphatic carbocycles. The zero-order valence-corrected chi connectivity index (χ0v) is 10.7. The number of anilines is 1. The van der Waals surface area contributed by atoms with E-state index in [0.29, 0.717) is 13.1 Å². The van der Waals surface area contributed by atoms with Crippen LogP contribution in [0.1, 0.15) is 12.5 Å². The van der Waals surface area contributed by atoms with Gasteiger partial charge in [-0.2, -0.15) is 13.2 Å². The van der Waals surface area contributed by atoms with Crippen molar-refractivity contribution in [3.63, 3.8) is 0 Å². The Labute approximate surface area is 106 Å². The standard InChI is InChI=1S/C13H19F3N2/c1-3-11-4-6-12(7-5-11)18(2)9-8-17-10-13(14,15)16/h4-7,17H,3,8-10H2,1-2H3. The summed E-state index contributed by atoms with van der Waals surface area (Å²) in [5.41, 5.74) is 2.27. The van der Waals surface area contributed by atoms with Gasteiger partial charge in [-0.15, -0.1) is 0 Å². The van der Waals surface area contributed by atoms with Crippen LogP contribution in [-0.4, -0.2) is 32.9 Å². The van der Waals surface area contributed by atoms with Gasteiger partial charge in [-0.05, 0) is 24.1 Å². The topological polar surface area (TPSA) is 15.3 Å². The second kappa shape index (κ2) is 6.64. The van der Waals surface area contributed by atoms with Crippen molar-refractivity contribution in [3.05, 3.63) is 29.8 Å². The maximum atomic E-state index is 11.9. The monoisotopic (exact) mass is 260 g/mol. The normalized spacial score (nSPS) is 11.6. The number of benzene rings is 1. The molecule has 1 N–H and O–H groups in total. The molecule has 0 fully saturated rings. The Bertz CT molecular complexity index is 346. The Morgan fingerprint density at radius 3 is 2.28 bits per heavy atom. The molecule has 0 radical (unpaired) electrons. The summed E-state index contributed by atoms with van der Waals surface area (Å²) >= 11 is 0. The second-order valence-corrected chi connectivity index (χ2v) is 4.23. The van der Waals surface area contributed by atoms with E-state index in [1.165, 1.54) is 5.56 Å². The van der Waals surface area contributed by atoms with E-state index in [9.17, 15) is 13.2 Å². The van der Waals surface area contributed by atoms with E-state index < -0.39 is 12.7 Å². The number of nitrogens with zero attached hydrogens (tertiary/aromatic N) is 1. The van der Waals surface area contributed by atoms with E-state index in [4.69, 9.17) is 0 Å². The number of aryl methyl sites for hydroxylation is 1. The van der Waals surface area contributed by atoms with Crippen molar-refractivity contribution in [2.45, 2.75) is 19.5 Å². The molecule has 2 nitrogen and oxygen atoms in total. The molecule has 0 spiro atoms. The van der Waals surface area contributed by atoms with Gasteiger partial charge in [-0.1, -0.05) is 19.1 Å². The van der Waals surface area contributed by atoms with Crippen LogP contribution in [-0.2, 0) is 6.42 Å². The van der Waals surface area contributed by atoms with Crippen LogP contribution < -0.4 is 10.2 Å². The van der Waals surface area contributed by atoms with Gasteiger partial charge >= 0.3 is 6.18 Å². The number of hydrogen-bond acceptors (Lipinski definition) is 2. The highest BCUT2D eigenvalue weighted by Gasteiger charge is 2.25. The molecule has 0 amide bonds. The highest BCUT2D eigenvalue weighted by molar-refractivity contribution is 5.46. The van der Waals surface area contributed by atoms with Gasteiger partial charge < -0.3 is 10.2 Å². The van der Waals surface area contributed by atoms with Crippen molar-refractivity contribution in [2.75, 3.05) is 31.6 Å². The first-order chi connectivity index (χ1) is 8.42. The second-order valence-electron chi connectivity index (χ2n) is 4.23. The van der Waals surface area contributed by atoms with Gasteiger partial charge in [-0.25, -0.2) is 0 Å². The fourth-order valence-corrected chi connectivity index (χ4v) is 1.59. The minimum absolute atomic E-state index is 0.311. The summed E-state index contributed by atoms with van der Waals surface area (Å²) in [7, 11) is 1.87. The predicted octanol–water partition coefficient (Wildman–Crippen LogP) is 2.84. The first-order valence-electron chi connectivity index (χ1n) is 6.00. The SMILES string of the molecule is CCc1ccc(N(C)CCNCC(F)(F)F)cc1. The van der Waals surface area contributed by atoms with E-state index in [-0.39, 0.29) is 0 Å². The predicted molar refractivity (Wildman–Crippen MR) is 68.0 cm³/mol. The van der Waals surface area contributed by atoms with Crippen molar-refractivity contribution in [2.24, 2.45) is 0 Å². The maximum absolute atomic E-state index is 11.9. The van der Waals surface area contributed by atoms with E-state index in [1.54, 1.807) is 0 Å². The lowest BCUT2D eigenvalue weighted by Crippen LogP contribution is -2.35. The van der Waals surface area contributed by atoms with Gasteiger partial charge in [0, 0.05) is 25.8 Å². The summed E-state index contributed by atoms with van der Waals surface area (Å²) in [5, 5.41) is 2.38. The maximum Gasteiger partial charge on any atom is 0.401 e. The fraction of sp³-hybridized carbons (Fsp3) is 0.538. The van der Waals surface area contributed by atoms with E-state index >= 15 is 0 Å². The lowest BCUT2D eigenvalue weighted by atomic mass is 10.1. The van der Waals surface area contributed by atoms with Gasteiger partial charge in [-0.3, -0.25) is 0 Å². The zero-order valence-electron chi connectivity index (χ0n) is 10.7. The van der Waals surface area contributed by atoms with E-state index in [2.05, 4.69) is 12.2 Å². The molecule has 5 heteroatoms. The van der Waals surface area contributed by atoms with Gasteiger partial charge in [0.2, 0.25) is 0 Å². The van der Waals surface area contributed by atoms with Crippen LogP contribution in [0.2, 0.25) is 0 Å². The number of nitrogens with one attached hydrogen (secondary N) is 1. The molecule has 0 saturated carbocycles. The third-order valence-electron chi connectivity index (χ3n) is 2.73. The molecule has 0 atom stereocenters. The summed E-state index contributed by atoms with van der Waals surface area (Å²) in [6.45, 7) is 2.00. The number of rotatable bonds is 6. The summed E-state index contributed by atoms with van der Waals surface area (Å²) < 4.78 is 35.7. The first kappa shape index (κ1) is 14.8. The molecule has 0 bridgehead atoms. The minimum atomic E-state index is -4.14. The fourth-order valence-electron chi connectivity index (χ4n) is 1.59. The van der Waals surface area contributed by atoms with Crippen LogP contribution in [0.5, 0.6) is 0 Å². The molecule has 0 unspecified atom stereocenters. The van der Waals surface area contributed by atoms with Crippen LogP contribution >= 0.6 is 0 Å². The Kier molecular flexibility index (Phi) is 5.47. The Morgan fingerprint density at radius 2 is 1.78 bits per heavy atom. The average molecular weight is 260 g/mol. The Morgan fingerprint density at radius 1 is 1.17 bits per heavy atom. The van der Waals surface area contributed by atoms with Crippen LogP contribution in [0, 0.1) is 0 Å². The summed E-state index contributed by atoms with van der Waals surface area (Å²) in [6.07, 6.45) is -3.15. The van der Waals surface area contributed by atoms with E-state index in [1.807, 2.05) is 36.2 Å². The minimum Gasteiger partial charge on any atom is -0.373 e. The number of likely N-dealkylation sites (N-methyl/N-ethyl adjacent to an activating group) is 1. The molecule has 0 aromatic heterocycles. The van der Waals surface area contributed by atoms with Crippen molar-refractivity contribution in [1.82, 2.24) is 5.32 Å². The third-order valence-corrected chi connectivity index (χ3v) is 2.73. The lowest BCUT2D eigenvalue weighted by molar-refractivity contribution is -0.124. The van der Waals surface area contributed by atoms with Gasteiger partial charge in [0.15, 0.2) is 0 Å². The van der Waals surface area contributed by atoms with Crippen LogP contribution in [0.25, 0.3) is 0 Å². The van der Waals surface area contributed by atoms with Crippen LogP contribution in [0.3, 0.4) is 0 Å². The Balaban J connectivity index is 2.33. The zero-order chi connectivity index (χ0) is 13.6. The van der Waals surface area contributed by atoms with Crippen molar-refractivity contribution in [1.29, 1.82) is 0 Å². The molecule has 18 heavy (non-hydrogen) atoms. The Hall–Kier alpha value is -1.23. The summed E-state index contributed by atoms with van der Waals surface area (Å²) in [6, 6.07) is 8.05. The molecule has 0 aliphatic heterocycles. The summed E-state index contributed by atoms with van der Waals surface area (Å²) in [5.74, 6) is 0. The smallest absolute Gasteiger partial charge is 0.373 e. The number of hydrogen-bond donors (Lipinski definition) is 1. The molecular formula is C13H19F3N2. The molecule has 0 saturated heterocycles. The van der Waals surface area contributed by atoms with Crippen molar-refractivity contribution in [3.8, 4) is 0 Å². The molecule has 1 aromatic carbocycles. The third kappa shape index (κ3) is 5.40. The quantitative estimate of drug-likeness (QED) is 0.791. The van der Waals surface area contributed by atoms with Crippen molar-refractivity contribution >= 4 is 5.69 Å². The van der Waals surface area contributed by atoms with Crippen LogP contribution in [0.4, 0.5) is 18.9 Å². The summed E-state index contributed by atoms with van der Waals surface area (Å²) in [4.78, 5) is 1.93. The number of alkyl halides is 3. The molecule has 0 aliphatic rings. The average Bonchev–Trinajstić information content (AvgIpc) is 2.33. The molecule has 1 aromatic rings. The molecular weight excluding hydrogens is 241 g/mol. The van der Waals surface area contributed by atoms with Gasteiger partial charge in [0.1, 0.15) is 0 Å².